The fraction of sp³-hybridized carbons (Fsp3) is 0.286. The normalized spacial score (nSPS) is 10.2. The highest BCUT2D eigenvalue weighted by atomic mass is 32.1. The van der Waals surface area contributed by atoms with Gasteiger partial charge in [-0.05, 0) is 26.0 Å². The molecule has 7 heteroatoms. The molecule has 21 heavy (non-hydrogen) atoms. The van der Waals surface area contributed by atoms with Gasteiger partial charge in [0, 0.05) is 5.56 Å². The topological polar surface area (TPSA) is 81.2 Å². The van der Waals surface area contributed by atoms with E-state index in [9.17, 15) is 9.59 Å². The highest BCUT2D eigenvalue weighted by molar-refractivity contribution is 7.15. The molecule has 0 saturated heterocycles. The lowest BCUT2D eigenvalue weighted by Gasteiger charge is -2.01. The van der Waals surface area contributed by atoms with E-state index in [4.69, 9.17) is 4.74 Å². The molecule has 0 aliphatic heterocycles. The molecule has 110 valence electrons. The van der Waals surface area contributed by atoms with Crippen LogP contribution < -0.4 is 5.32 Å². The quantitative estimate of drug-likeness (QED) is 0.856. The Kier molecular flexibility index (Phi) is 4.99. The van der Waals surface area contributed by atoms with Gasteiger partial charge in [-0.25, -0.2) is 0 Å². The number of esters is 1. The Morgan fingerprint density at radius 2 is 2.14 bits per heavy atom. The molecule has 2 rings (SSSR count). The number of carbonyl (C=O) groups excluding carboxylic acids is 2. The van der Waals surface area contributed by atoms with Crippen LogP contribution in [0.1, 0.15) is 27.9 Å². The zero-order valence-electron chi connectivity index (χ0n) is 11.8. The van der Waals surface area contributed by atoms with E-state index in [0.29, 0.717) is 22.3 Å². The van der Waals surface area contributed by atoms with E-state index in [-0.39, 0.29) is 18.3 Å². The van der Waals surface area contributed by atoms with Gasteiger partial charge in [-0.3, -0.25) is 14.9 Å². The number of hydrogen-bond donors (Lipinski definition) is 1. The average molecular weight is 305 g/mol. The van der Waals surface area contributed by atoms with Gasteiger partial charge >= 0.3 is 5.97 Å². The maximum Gasteiger partial charge on any atom is 0.312 e. The third-order valence-corrected chi connectivity index (χ3v) is 3.41. The molecule has 0 atom stereocenters. The first-order valence-electron chi connectivity index (χ1n) is 6.44. The highest BCUT2D eigenvalue weighted by Gasteiger charge is 2.13. The number of nitrogens with zero attached hydrogens (tertiary/aromatic N) is 2. The van der Waals surface area contributed by atoms with Gasteiger partial charge in [-0.2, -0.15) is 0 Å². The molecule has 0 radical (unpaired) electrons. The van der Waals surface area contributed by atoms with Crippen LogP contribution in [0.2, 0.25) is 0 Å². The summed E-state index contributed by atoms with van der Waals surface area (Å²) in [5.74, 6) is -0.609. The standard InChI is InChI=1S/C14H15N3O3S/c1-3-20-12(18)8-11-16-17-14(21-11)15-13(19)10-6-4-5-9(2)7-10/h4-7H,3,8H2,1-2H3,(H,15,17,19). The van der Waals surface area contributed by atoms with Gasteiger partial charge < -0.3 is 4.74 Å². The number of ether oxygens (including phenoxy) is 1. The van der Waals surface area contributed by atoms with Crippen LogP contribution in [0.3, 0.4) is 0 Å². The Hall–Kier alpha value is -2.28. The fourth-order valence-electron chi connectivity index (χ4n) is 1.67. The molecule has 6 nitrogen and oxygen atoms in total. The molecule has 2 aromatic rings. The number of hydrogen-bond acceptors (Lipinski definition) is 6. The third kappa shape index (κ3) is 4.35. The van der Waals surface area contributed by atoms with E-state index in [1.54, 1.807) is 19.1 Å². The highest BCUT2D eigenvalue weighted by Crippen LogP contribution is 2.17. The van der Waals surface area contributed by atoms with E-state index in [1.807, 2.05) is 19.1 Å². The predicted octanol–water partition coefficient (Wildman–Crippen LogP) is 2.20. The lowest BCUT2D eigenvalue weighted by atomic mass is 10.1. The summed E-state index contributed by atoms with van der Waals surface area (Å²) in [4.78, 5) is 23.4. The van der Waals surface area contributed by atoms with Crippen molar-refractivity contribution in [2.75, 3.05) is 11.9 Å². The minimum atomic E-state index is -0.356. The monoisotopic (exact) mass is 305 g/mol. The summed E-state index contributed by atoms with van der Waals surface area (Å²) < 4.78 is 4.83. The molecule has 0 bridgehead atoms. The summed E-state index contributed by atoms with van der Waals surface area (Å²) in [5, 5.41) is 11.2. The molecule has 0 unspecified atom stereocenters. The second kappa shape index (κ2) is 6.94. The Labute approximate surface area is 126 Å². The van der Waals surface area contributed by atoms with Gasteiger partial charge in [-0.15, -0.1) is 10.2 Å². The number of carbonyl (C=O) groups is 2. The minimum Gasteiger partial charge on any atom is -0.466 e. The van der Waals surface area contributed by atoms with E-state index >= 15 is 0 Å². The van der Waals surface area contributed by atoms with E-state index in [2.05, 4.69) is 15.5 Å². The van der Waals surface area contributed by atoms with Crippen molar-refractivity contribution in [3.8, 4) is 0 Å². The molecule has 1 N–H and O–H groups in total. The van der Waals surface area contributed by atoms with Crippen LogP contribution in [0.4, 0.5) is 5.13 Å². The van der Waals surface area contributed by atoms with Gasteiger partial charge in [-0.1, -0.05) is 29.0 Å². The first kappa shape index (κ1) is 15.1. The van der Waals surface area contributed by atoms with Gasteiger partial charge in [0.25, 0.3) is 5.91 Å². The Morgan fingerprint density at radius 3 is 2.86 bits per heavy atom. The molecule has 1 amide bonds. The lowest BCUT2D eigenvalue weighted by molar-refractivity contribution is -0.142. The maximum absolute atomic E-state index is 12.0. The van der Waals surface area contributed by atoms with Crippen molar-refractivity contribution in [1.82, 2.24) is 10.2 Å². The number of aromatic nitrogens is 2. The zero-order chi connectivity index (χ0) is 15.2. The Morgan fingerprint density at radius 1 is 1.33 bits per heavy atom. The van der Waals surface area contributed by atoms with E-state index < -0.39 is 0 Å². The number of aryl methyl sites for hydroxylation is 1. The number of rotatable bonds is 5. The molecule has 1 heterocycles. The number of amides is 1. The first-order chi connectivity index (χ1) is 10.1. The van der Waals surface area contributed by atoms with Crippen LogP contribution in [0.15, 0.2) is 24.3 Å². The molecule has 1 aromatic carbocycles. The zero-order valence-corrected chi connectivity index (χ0v) is 12.6. The second-order valence-corrected chi connectivity index (χ2v) is 5.37. The van der Waals surface area contributed by atoms with Crippen LogP contribution in [0.25, 0.3) is 0 Å². The smallest absolute Gasteiger partial charge is 0.312 e. The number of benzene rings is 1. The molecule has 1 aromatic heterocycles. The second-order valence-electron chi connectivity index (χ2n) is 4.31. The van der Waals surface area contributed by atoms with E-state index in [0.717, 1.165) is 16.9 Å². The van der Waals surface area contributed by atoms with Crippen LogP contribution in [-0.2, 0) is 16.0 Å². The van der Waals surface area contributed by atoms with Crippen LogP contribution in [0, 0.1) is 6.92 Å². The summed E-state index contributed by atoms with van der Waals surface area (Å²) in [6.45, 7) is 3.99. The molecule has 0 saturated carbocycles. The number of nitrogens with one attached hydrogen (secondary N) is 1. The summed E-state index contributed by atoms with van der Waals surface area (Å²) >= 11 is 1.16. The average Bonchev–Trinajstić information content (AvgIpc) is 2.86. The van der Waals surface area contributed by atoms with Gasteiger partial charge in [0.2, 0.25) is 5.13 Å². The van der Waals surface area contributed by atoms with E-state index in [1.165, 1.54) is 0 Å². The largest absolute Gasteiger partial charge is 0.466 e. The Balaban J connectivity index is 1.99. The molecule has 0 aliphatic rings. The molecular weight excluding hydrogens is 290 g/mol. The summed E-state index contributed by atoms with van der Waals surface area (Å²) in [6, 6.07) is 7.24. The van der Waals surface area contributed by atoms with Crippen molar-refractivity contribution in [2.45, 2.75) is 20.3 Å². The van der Waals surface area contributed by atoms with Crippen molar-refractivity contribution in [3.63, 3.8) is 0 Å². The lowest BCUT2D eigenvalue weighted by Crippen LogP contribution is -2.11. The molecule has 0 aliphatic carbocycles. The van der Waals surface area contributed by atoms with Crippen LogP contribution in [0.5, 0.6) is 0 Å². The summed E-state index contributed by atoms with van der Waals surface area (Å²) in [7, 11) is 0. The van der Waals surface area contributed by atoms with Crippen molar-refractivity contribution in [3.05, 3.63) is 40.4 Å². The molecule has 0 spiro atoms. The maximum atomic E-state index is 12.0. The van der Waals surface area contributed by atoms with Gasteiger partial charge in [0.1, 0.15) is 5.01 Å². The van der Waals surface area contributed by atoms with Gasteiger partial charge in [0.05, 0.1) is 13.0 Å². The van der Waals surface area contributed by atoms with Crippen molar-refractivity contribution < 1.29 is 14.3 Å². The SMILES string of the molecule is CCOC(=O)Cc1nnc(NC(=O)c2cccc(C)c2)s1. The van der Waals surface area contributed by atoms with Crippen LogP contribution in [-0.4, -0.2) is 28.7 Å². The molecular formula is C14H15N3O3S. The predicted molar refractivity (Wildman–Crippen MR) is 79.4 cm³/mol. The summed E-state index contributed by atoms with van der Waals surface area (Å²) in [6.07, 6.45) is 0.0613. The Bertz CT molecular complexity index is 654. The van der Waals surface area contributed by atoms with Crippen LogP contribution >= 0.6 is 11.3 Å². The number of anilines is 1. The van der Waals surface area contributed by atoms with Crippen molar-refractivity contribution >= 4 is 28.3 Å². The minimum absolute atomic E-state index is 0.0613. The van der Waals surface area contributed by atoms with Crippen molar-refractivity contribution in [2.24, 2.45) is 0 Å². The fourth-order valence-corrected chi connectivity index (χ4v) is 2.39. The first-order valence-corrected chi connectivity index (χ1v) is 7.26. The van der Waals surface area contributed by atoms with Gasteiger partial charge in [0.15, 0.2) is 0 Å². The summed E-state index contributed by atoms with van der Waals surface area (Å²) in [5.41, 5.74) is 1.56. The van der Waals surface area contributed by atoms with Crippen molar-refractivity contribution in [1.29, 1.82) is 0 Å². The molecule has 0 fully saturated rings. The third-order valence-electron chi connectivity index (χ3n) is 2.57.